The van der Waals surface area contributed by atoms with Crippen LogP contribution in [0, 0.1) is 0 Å². The molecule has 0 saturated carbocycles. The first kappa shape index (κ1) is 16.8. The molecule has 0 aliphatic heterocycles. The standard InChI is InChI=1S/C15H22N2O4/c1-5-16-14(18)10(3)17-15(19)11-7-8-12(21-6-2)13(9-11)20-4/h7-10H,5-6H2,1-4H3,(H,16,18)(H,17,19)/t10-/m1/s1. The molecule has 21 heavy (non-hydrogen) atoms. The lowest BCUT2D eigenvalue weighted by Crippen LogP contribution is -2.44. The van der Waals surface area contributed by atoms with Gasteiger partial charge in [-0.2, -0.15) is 0 Å². The van der Waals surface area contributed by atoms with Gasteiger partial charge in [-0.1, -0.05) is 0 Å². The molecule has 0 unspecified atom stereocenters. The first-order valence-corrected chi connectivity index (χ1v) is 6.92. The van der Waals surface area contributed by atoms with Crippen LogP contribution in [0.2, 0.25) is 0 Å². The summed E-state index contributed by atoms with van der Waals surface area (Å²) in [5.41, 5.74) is 0.409. The molecule has 0 heterocycles. The van der Waals surface area contributed by atoms with Gasteiger partial charge in [-0.05, 0) is 39.0 Å². The van der Waals surface area contributed by atoms with Crippen LogP contribution in [-0.4, -0.2) is 38.1 Å². The molecule has 2 amide bonds. The zero-order valence-corrected chi connectivity index (χ0v) is 12.9. The number of hydrogen-bond acceptors (Lipinski definition) is 4. The van der Waals surface area contributed by atoms with Crippen LogP contribution in [0.15, 0.2) is 18.2 Å². The lowest BCUT2D eigenvalue weighted by molar-refractivity contribution is -0.122. The number of carbonyl (C=O) groups is 2. The number of likely N-dealkylation sites (N-methyl/N-ethyl adjacent to an activating group) is 1. The highest BCUT2D eigenvalue weighted by Crippen LogP contribution is 2.27. The number of amides is 2. The molecule has 0 bridgehead atoms. The molecule has 116 valence electrons. The largest absolute Gasteiger partial charge is 0.493 e. The average molecular weight is 294 g/mol. The third-order valence-electron chi connectivity index (χ3n) is 2.82. The lowest BCUT2D eigenvalue weighted by Gasteiger charge is -2.14. The van der Waals surface area contributed by atoms with Crippen LogP contribution >= 0.6 is 0 Å². The molecule has 0 aliphatic carbocycles. The smallest absolute Gasteiger partial charge is 0.252 e. The second-order valence-electron chi connectivity index (χ2n) is 4.39. The Labute approximate surface area is 124 Å². The number of carbonyl (C=O) groups excluding carboxylic acids is 2. The van der Waals surface area contributed by atoms with Gasteiger partial charge in [0.05, 0.1) is 13.7 Å². The Kier molecular flexibility index (Phi) is 6.52. The van der Waals surface area contributed by atoms with Crippen molar-refractivity contribution in [2.45, 2.75) is 26.8 Å². The van der Waals surface area contributed by atoms with Crippen LogP contribution in [0.3, 0.4) is 0 Å². The summed E-state index contributed by atoms with van der Waals surface area (Å²) in [6, 6.07) is 4.29. The van der Waals surface area contributed by atoms with Crippen molar-refractivity contribution in [2.24, 2.45) is 0 Å². The number of hydrogen-bond donors (Lipinski definition) is 2. The van der Waals surface area contributed by atoms with Gasteiger partial charge in [-0.15, -0.1) is 0 Å². The SMILES string of the molecule is CCNC(=O)[C@@H](C)NC(=O)c1ccc(OCC)c(OC)c1. The third-order valence-corrected chi connectivity index (χ3v) is 2.82. The van der Waals surface area contributed by atoms with Crippen molar-refractivity contribution >= 4 is 11.8 Å². The van der Waals surface area contributed by atoms with E-state index in [1.165, 1.54) is 7.11 Å². The van der Waals surface area contributed by atoms with Crippen molar-refractivity contribution in [3.63, 3.8) is 0 Å². The molecule has 1 aromatic rings. The van der Waals surface area contributed by atoms with Gasteiger partial charge in [0.15, 0.2) is 11.5 Å². The van der Waals surface area contributed by atoms with E-state index in [2.05, 4.69) is 10.6 Å². The molecule has 0 radical (unpaired) electrons. The zero-order chi connectivity index (χ0) is 15.8. The second kappa shape index (κ2) is 8.14. The Balaban J connectivity index is 2.81. The van der Waals surface area contributed by atoms with E-state index < -0.39 is 6.04 Å². The van der Waals surface area contributed by atoms with Gasteiger partial charge in [0.2, 0.25) is 5.91 Å². The van der Waals surface area contributed by atoms with Crippen molar-refractivity contribution in [1.29, 1.82) is 0 Å². The highest BCUT2D eigenvalue weighted by atomic mass is 16.5. The predicted octanol–water partition coefficient (Wildman–Crippen LogP) is 1.35. The molecule has 1 atom stereocenters. The van der Waals surface area contributed by atoms with Gasteiger partial charge in [-0.25, -0.2) is 0 Å². The Morgan fingerprint density at radius 2 is 1.95 bits per heavy atom. The first-order chi connectivity index (χ1) is 10.0. The van der Waals surface area contributed by atoms with E-state index in [0.29, 0.717) is 30.2 Å². The van der Waals surface area contributed by atoms with E-state index in [9.17, 15) is 9.59 Å². The molecular weight excluding hydrogens is 272 g/mol. The van der Waals surface area contributed by atoms with Gasteiger partial charge >= 0.3 is 0 Å². The van der Waals surface area contributed by atoms with Crippen LogP contribution in [0.4, 0.5) is 0 Å². The minimum Gasteiger partial charge on any atom is -0.493 e. The van der Waals surface area contributed by atoms with Crippen molar-refractivity contribution in [3.8, 4) is 11.5 Å². The van der Waals surface area contributed by atoms with Gasteiger partial charge in [0, 0.05) is 12.1 Å². The molecule has 0 spiro atoms. The summed E-state index contributed by atoms with van der Waals surface area (Å²) in [6.07, 6.45) is 0. The lowest BCUT2D eigenvalue weighted by atomic mass is 10.1. The summed E-state index contributed by atoms with van der Waals surface area (Å²) in [5, 5.41) is 5.29. The monoisotopic (exact) mass is 294 g/mol. The fourth-order valence-corrected chi connectivity index (χ4v) is 1.76. The summed E-state index contributed by atoms with van der Waals surface area (Å²) < 4.78 is 10.6. The number of nitrogens with one attached hydrogen (secondary N) is 2. The minimum absolute atomic E-state index is 0.219. The summed E-state index contributed by atoms with van der Waals surface area (Å²) in [4.78, 5) is 23.7. The van der Waals surface area contributed by atoms with Crippen molar-refractivity contribution in [2.75, 3.05) is 20.3 Å². The normalized spacial score (nSPS) is 11.4. The van der Waals surface area contributed by atoms with Crippen LogP contribution < -0.4 is 20.1 Å². The quantitative estimate of drug-likeness (QED) is 0.796. The summed E-state index contributed by atoms with van der Waals surface area (Å²) in [6.45, 7) is 6.36. The topological polar surface area (TPSA) is 76.7 Å². The number of benzene rings is 1. The van der Waals surface area contributed by atoms with Crippen LogP contribution in [0.5, 0.6) is 11.5 Å². The molecule has 0 saturated heterocycles. The van der Waals surface area contributed by atoms with Crippen LogP contribution in [0.1, 0.15) is 31.1 Å². The van der Waals surface area contributed by atoms with E-state index in [-0.39, 0.29) is 11.8 Å². The minimum atomic E-state index is -0.602. The summed E-state index contributed by atoms with van der Waals surface area (Å²) >= 11 is 0. The Bertz CT molecular complexity index is 502. The fraction of sp³-hybridized carbons (Fsp3) is 0.467. The zero-order valence-electron chi connectivity index (χ0n) is 12.9. The number of rotatable bonds is 7. The maximum absolute atomic E-state index is 12.1. The molecule has 1 rings (SSSR count). The molecule has 6 heteroatoms. The second-order valence-corrected chi connectivity index (χ2v) is 4.39. The summed E-state index contributed by atoms with van der Waals surface area (Å²) in [5.74, 6) is 0.502. The number of methoxy groups -OCH3 is 1. The van der Waals surface area contributed by atoms with Gasteiger partial charge in [-0.3, -0.25) is 9.59 Å². The molecule has 2 N–H and O–H groups in total. The first-order valence-electron chi connectivity index (χ1n) is 6.92. The van der Waals surface area contributed by atoms with Crippen molar-refractivity contribution < 1.29 is 19.1 Å². The average Bonchev–Trinajstić information content (AvgIpc) is 2.48. The van der Waals surface area contributed by atoms with E-state index in [0.717, 1.165) is 0 Å². The highest BCUT2D eigenvalue weighted by molar-refractivity contribution is 5.97. The van der Waals surface area contributed by atoms with E-state index >= 15 is 0 Å². The molecule has 0 fully saturated rings. The van der Waals surface area contributed by atoms with Gasteiger partial charge in [0.25, 0.3) is 5.91 Å². The van der Waals surface area contributed by atoms with E-state index in [4.69, 9.17) is 9.47 Å². The summed E-state index contributed by atoms with van der Waals surface area (Å²) in [7, 11) is 1.51. The van der Waals surface area contributed by atoms with E-state index in [1.54, 1.807) is 25.1 Å². The molecule has 0 aliphatic rings. The molecule has 6 nitrogen and oxygen atoms in total. The highest BCUT2D eigenvalue weighted by Gasteiger charge is 2.17. The third kappa shape index (κ3) is 4.66. The van der Waals surface area contributed by atoms with Crippen molar-refractivity contribution in [3.05, 3.63) is 23.8 Å². The Morgan fingerprint density at radius 1 is 1.24 bits per heavy atom. The fourth-order valence-electron chi connectivity index (χ4n) is 1.76. The van der Waals surface area contributed by atoms with E-state index in [1.807, 2.05) is 13.8 Å². The molecular formula is C15H22N2O4. The number of ether oxygens (including phenoxy) is 2. The predicted molar refractivity (Wildman–Crippen MR) is 79.8 cm³/mol. The maximum atomic E-state index is 12.1. The molecule has 0 aromatic heterocycles. The van der Waals surface area contributed by atoms with Gasteiger partial charge in [0.1, 0.15) is 6.04 Å². The Morgan fingerprint density at radius 3 is 2.52 bits per heavy atom. The van der Waals surface area contributed by atoms with Crippen LogP contribution in [0.25, 0.3) is 0 Å². The maximum Gasteiger partial charge on any atom is 0.252 e. The van der Waals surface area contributed by atoms with Crippen LogP contribution in [-0.2, 0) is 4.79 Å². The van der Waals surface area contributed by atoms with Gasteiger partial charge < -0.3 is 20.1 Å². The molecule has 1 aromatic carbocycles. The Hall–Kier alpha value is -2.24. The van der Waals surface area contributed by atoms with Crippen molar-refractivity contribution in [1.82, 2.24) is 10.6 Å².